The first kappa shape index (κ1) is 16.2. The van der Waals surface area contributed by atoms with E-state index in [1.165, 1.54) is 32.1 Å². The maximum atomic E-state index is 12.4. The van der Waals surface area contributed by atoms with Crippen LogP contribution in [0.1, 0.15) is 50.6 Å². The SMILES string of the molecule is Cc1cc(N2CCN(C(=O)CCC3CCCCC3)CC2)ncn1. The first-order valence-electron chi connectivity index (χ1n) is 9.04. The molecular formula is C18H28N4O. The van der Waals surface area contributed by atoms with E-state index < -0.39 is 0 Å². The highest BCUT2D eigenvalue weighted by Crippen LogP contribution is 2.27. The molecular weight excluding hydrogens is 288 g/mol. The Morgan fingerprint density at radius 2 is 1.87 bits per heavy atom. The minimum absolute atomic E-state index is 0.342. The zero-order valence-corrected chi connectivity index (χ0v) is 14.2. The average molecular weight is 316 g/mol. The van der Waals surface area contributed by atoms with E-state index in [1.54, 1.807) is 6.33 Å². The van der Waals surface area contributed by atoms with E-state index in [9.17, 15) is 4.79 Å². The fourth-order valence-corrected chi connectivity index (χ4v) is 3.76. The van der Waals surface area contributed by atoms with Gasteiger partial charge in [0.05, 0.1) is 0 Å². The molecule has 5 heteroatoms. The van der Waals surface area contributed by atoms with E-state index in [4.69, 9.17) is 0 Å². The summed E-state index contributed by atoms with van der Waals surface area (Å²) in [5.74, 6) is 2.11. The maximum absolute atomic E-state index is 12.4. The molecule has 1 aromatic rings. The summed E-state index contributed by atoms with van der Waals surface area (Å²) in [6, 6.07) is 2.01. The number of nitrogens with zero attached hydrogens (tertiary/aromatic N) is 4. The highest BCUT2D eigenvalue weighted by molar-refractivity contribution is 5.76. The molecule has 1 saturated heterocycles. The van der Waals surface area contributed by atoms with Gasteiger partial charge in [-0.2, -0.15) is 0 Å². The standard InChI is InChI=1S/C18H28N4O/c1-15-13-17(20-14-19-15)21-9-11-22(12-10-21)18(23)8-7-16-5-3-2-4-6-16/h13-14,16H,2-12H2,1H3. The Kier molecular flexibility index (Phi) is 5.47. The summed E-state index contributed by atoms with van der Waals surface area (Å²) < 4.78 is 0. The third kappa shape index (κ3) is 4.43. The lowest BCUT2D eigenvalue weighted by Gasteiger charge is -2.35. The number of carbonyl (C=O) groups excluding carboxylic acids is 1. The second-order valence-corrected chi connectivity index (χ2v) is 6.93. The van der Waals surface area contributed by atoms with Crippen LogP contribution in [0.2, 0.25) is 0 Å². The molecule has 1 aliphatic carbocycles. The highest BCUT2D eigenvalue weighted by atomic mass is 16.2. The molecule has 126 valence electrons. The number of aryl methyl sites for hydroxylation is 1. The Hall–Kier alpha value is -1.65. The zero-order chi connectivity index (χ0) is 16.1. The van der Waals surface area contributed by atoms with E-state index in [-0.39, 0.29) is 0 Å². The predicted octanol–water partition coefficient (Wildman–Crippen LogP) is 2.79. The lowest BCUT2D eigenvalue weighted by atomic mass is 9.86. The van der Waals surface area contributed by atoms with Gasteiger partial charge in [-0.1, -0.05) is 32.1 Å². The fraction of sp³-hybridized carbons (Fsp3) is 0.722. The van der Waals surface area contributed by atoms with Crippen molar-refractivity contribution in [1.29, 1.82) is 0 Å². The molecule has 0 radical (unpaired) electrons. The molecule has 2 aliphatic rings. The van der Waals surface area contributed by atoms with Crippen molar-refractivity contribution >= 4 is 11.7 Å². The van der Waals surface area contributed by atoms with Gasteiger partial charge < -0.3 is 9.80 Å². The number of anilines is 1. The highest BCUT2D eigenvalue weighted by Gasteiger charge is 2.23. The normalized spacial score (nSPS) is 19.9. The topological polar surface area (TPSA) is 49.3 Å². The molecule has 3 rings (SSSR count). The van der Waals surface area contributed by atoms with Crippen molar-refractivity contribution in [3.8, 4) is 0 Å². The molecule has 1 aliphatic heterocycles. The molecule has 0 spiro atoms. The number of aromatic nitrogens is 2. The van der Waals surface area contributed by atoms with Crippen molar-refractivity contribution in [2.75, 3.05) is 31.1 Å². The second-order valence-electron chi connectivity index (χ2n) is 6.93. The molecule has 0 atom stereocenters. The predicted molar refractivity (Wildman–Crippen MR) is 91.4 cm³/mol. The minimum atomic E-state index is 0.342. The van der Waals surface area contributed by atoms with E-state index in [2.05, 4.69) is 14.9 Å². The van der Waals surface area contributed by atoms with Crippen LogP contribution in [0.4, 0.5) is 5.82 Å². The molecule has 2 fully saturated rings. The van der Waals surface area contributed by atoms with Gasteiger partial charge >= 0.3 is 0 Å². The molecule has 1 saturated carbocycles. The van der Waals surface area contributed by atoms with Crippen LogP contribution in [0.15, 0.2) is 12.4 Å². The van der Waals surface area contributed by atoms with Gasteiger partial charge in [-0.3, -0.25) is 4.79 Å². The third-order valence-corrected chi connectivity index (χ3v) is 5.24. The summed E-state index contributed by atoms with van der Waals surface area (Å²) in [6.07, 6.45) is 10.2. The summed E-state index contributed by atoms with van der Waals surface area (Å²) in [5, 5.41) is 0. The Morgan fingerprint density at radius 1 is 1.13 bits per heavy atom. The first-order valence-corrected chi connectivity index (χ1v) is 9.04. The minimum Gasteiger partial charge on any atom is -0.353 e. The summed E-state index contributed by atoms with van der Waals surface area (Å²) in [7, 11) is 0. The van der Waals surface area contributed by atoms with E-state index in [0.717, 1.165) is 56.5 Å². The van der Waals surface area contributed by atoms with Crippen molar-refractivity contribution in [2.45, 2.75) is 51.9 Å². The van der Waals surface area contributed by atoms with Crippen LogP contribution in [0.25, 0.3) is 0 Å². The molecule has 23 heavy (non-hydrogen) atoms. The quantitative estimate of drug-likeness (QED) is 0.857. The van der Waals surface area contributed by atoms with Gasteiger partial charge in [0.15, 0.2) is 0 Å². The number of hydrogen-bond donors (Lipinski definition) is 0. The van der Waals surface area contributed by atoms with Crippen LogP contribution in [-0.2, 0) is 4.79 Å². The Labute approximate surface area is 139 Å². The number of rotatable bonds is 4. The molecule has 1 amide bonds. The zero-order valence-electron chi connectivity index (χ0n) is 14.2. The Balaban J connectivity index is 1.43. The lowest BCUT2D eigenvalue weighted by Crippen LogP contribution is -2.49. The van der Waals surface area contributed by atoms with Crippen molar-refractivity contribution < 1.29 is 4.79 Å². The number of hydrogen-bond acceptors (Lipinski definition) is 4. The van der Waals surface area contributed by atoms with Crippen molar-refractivity contribution in [3.63, 3.8) is 0 Å². The maximum Gasteiger partial charge on any atom is 0.222 e. The average Bonchev–Trinajstić information content (AvgIpc) is 2.61. The van der Waals surface area contributed by atoms with Crippen molar-refractivity contribution in [2.24, 2.45) is 5.92 Å². The second kappa shape index (κ2) is 7.75. The van der Waals surface area contributed by atoms with Crippen LogP contribution in [0, 0.1) is 12.8 Å². The lowest BCUT2D eigenvalue weighted by molar-refractivity contribution is -0.131. The molecule has 5 nitrogen and oxygen atoms in total. The molecule has 0 unspecified atom stereocenters. The van der Waals surface area contributed by atoms with E-state index >= 15 is 0 Å². The van der Waals surface area contributed by atoms with Gasteiger partial charge in [0, 0.05) is 44.4 Å². The largest absolute Gasteiger partial charge is 0.353 e. The smallest absolute Gasteiger partial charge is 0.222 e. The van der Waals surface area contributed by atoms with Crippen molar-refractivity contribution in [1.82, 2.24) is 14.9 Å². The molecule has 0 aromatic carbocycles. The number of piperazine rings is 1. The van der Waals surface area contributed by atoms with Crippen LogP contribution < -0.4 is 4.90 Å². The van der Waals surface area contributed by atoms with Crippen LogP contribution in [-0.4, -0.2) is 47.0 Å². The van der Waals surface area contributed by atoms with Gasteiger partial charge in [-0.15, -0.1) is 0 Å². The van der Waals surface area contributed by atoms with Crippen LogP contribution in [0.3, 0.4) is 0 Å². The third-order valence-electron chi connectivity index (χ3n) is 5.24. The number of carbonyl (C=O) groups is 1. The monoisotopic (exact) mass is 316 g/mol. The van der Waals surface area contributed by atoms with Gasteiger partial charge in [-0.05, 0) is 19.3 Å². The summed E-state index contributed by atoms with van der Waals surface area (Å²) in [6.45, 7) is 5.34. The van der Waals surface area contributed by atoms with Gasteiger partial charge in [0.25, 0.3) is 0 Å². The van der Waals surface area contributed by atoms with Gasteiger partial charge in [-0.25, -0.2) is 9.97 Å². The van der Waals surface area contributed by atoms with Gasteiger partial charge in [0.2, 0.25) is 5.91 Å². The molecule has 2 heterocycles. The van der Waals surface area contributed by atoms with Crippen LogP contribution in [0.5, 0.6) is 0 Å². The Morgan fingerprint density at radius 3 is 2.57 bits per heavy atom. The molecule has 0 bridgehead atoms. The van der Waals surface area contributed by atoms with Crippen LogP contribution >= 0.6 is 0 Å². The number of amides is 1. The van der Waals surface area contributed by atoms with Crippen molar-refractivity contribution in [3.05, 3.63) is 18.1 Å². The van der Waals surface area contributed by atoms with E-state index in [0.29, 0.717) is 5.91 Å². The Bertz CT molecular complexity index is 520. The summed E-state index contributed by atoms with van der Waals surface area (Å²) in [4.78, 5) is 25.2. The summed E-state index contributed by atoms with van der Waals surface area (Å²) >= 11 is 0. The fourth-order valence-electron chi connectivity index (χ4n) is 3.76. The van der Waals surface area contributed by atoms with E-state index in [1.807, 2.05) is 17.9 Å². The summed E-state index contributed by atoms with van der Waals surface area (Å²) in [5.41, 5.74) is 0.987. The van der Waals surface area contributed by atoms with Gasteiger partial charge in [0.1, 0.15) is 12.1 Å². The first-order chi connectivity index (χ1) is 11.2. The molecule has 1 aromatic heterocycles. The molecule has 0 N–H and O–H groups in total.